The van der Waals surface area contributed by atoms with Gasteiger partial charge in [-0.25, -0.2) is 4.98 Å². The summed E-state index contributed by atoms with van der Waals surface area (Å²) in [6, 6.07) is 0. The molecule has 4 fully saturated rings. The Hall–Kier alpha value is -0.790. The van der Waals surface area contributed by atoms with Gasteiger partial charge < -0.3 is 4.98 Å². The molecule has 5 aliphatic carbocycles. The molecular weight excluding hydrogens is 244 g/mol. The van der Waals surface area contributed by atoms with E-state index in [2.05, 4.69) is 4.98 Å². The van der Waals surface area contributed by atoms with E-state index in [1.54, 1.807) is 19.3 Å². The maximum absolute atomic E-state index is 4.97. The van der Waals surface area contributed by atoms with Crippen LogP contribution in [0.3, 0.4) is 0 Å². The van der Waals surface area contributed by atoms with Crippen LogP contribution in [0.2, 0.25) is 0 Å². The molecule has 0 aliphatic heterocycles. The average molecular weight is 270 g/mol. The summed E-state index contributed by atoms with van der Waals surface area (Å²) in [7, 11) is 0. The van der Waals surface area contributed by atoms with Crippen molar-refractivity contribution < 1.29 is 0 Å². The summed E-state index contributed by atoms with van der Waals surface area (Å²) < 4.78 is 0. The minimum Gasteiger partial charge on any atom is -0.346 e. The third-order valence-corrected chi connectivity index (χ3v) is 6.71. The Labute approximate surface area is 121 Å². The third kappa shape index (κ3) is 1.79. The maximum atomic E-state index is 4.97. The highest BCUT2D eigenvalue weighted by atomic mass is 14.9. The monoisotopic (exact) mass is 270 g/mol. The minimum absolute atomic E-state index is 0.634. The second-order valence-electron chi connectivity index (χ2n) is 8.41. The van der Waals surface area contributed by atoms with E-state index in [9.17, 15) is 0 Å². The second-order valence-corrected chi connectivity index (χ2v) is 8.41. The van der Waals surface area contributed by atoms with Crippen LogP contribution in [-0.2, 0) is 19.3 Å². The molecule has 0 saturated heterocycles. The van der Waals surface area contributed by atoms with E-state index in [1.807, 2.05) is 0 Å². The van der Waals surface area contributed by atoms with Gasteiger partial charge in [0.25, 0.3) is 0 Å². The van der Waals surface area contributed by atoms with Crippen LogP contribution in [0.25, 0.3) is 0 Å². The van der Waals surface area contributed by atoms with E-state index in [0.717, 1.165) is 17.8 Å². The number of aryl methyl sites for hydroxylation is 2. The van der Waals surface area contributed by atoms with Gasteiger partial charge in [-0.3, -0.25) is 0 Å². The van der Waals surface area contributed by atoms with Gasteiger partial charge in [-0.05, 0) is 87.4 Å². The summed E-state index contributed by atoms with van der Waals surface area (Å²) in [4.78, 5) is 8.67. The van der Waals surface area contributed by atoms with Crippen LogP contribution in [0.15, 0.2) is 0 Å². The summed E-state index contributed by atoms with van der Waals surface area (Å²) in [6.45, 7) is 0. The molecule has 4 saturated carbocycles. The highest BCUT2D eigenvalue weighted by Gasteiger charge is 2.51. The van der Waals surface area contributed by atoms with Gasteiger partial charge in [0.2, 0.25) is 0 Å². The normalized spacial score (nSPS) is 41.9. The molecule has 6 rings (SSSR count). The number of nitrogens with one attached hydrogen (secondary N) is 1. The lowest BCUT2D eigenvalue weighted by molar-refractivity contribution is -0.0531. The topological polar surface area (TPSA) is 28.7 Å². The van der Waals surface area contributed by atoms with Crippen molar-refractivity contribution in [2.24, 2.45) is 23.2 Å². The molecular formula is C18H26N2. The van der Waals surface area contributed by atoms with Crippen LogP contribution < -0.4 is 0 Å². The van der Waals surface area contributed by atoms with Crippen molar-refractivity contribution in [3.05, 3.63) is 17.2 Å². The molecule has 2 nitrogen and oxygen atoms in total. The van der Waals surface area contributed by atoms with E-state index in [4.69, 9.17) is 4.98 Å². The largest absolute Gasteiger partial charge is 0.346 e. The molecule has 108 valence electrons. The van der Waals surface area contributed by atoms with Gasteiger partial charge in [-0.15, -0.1) is 0 Å². The standard InChI is InChI=1S/C18H26N2/c1-2-4-16-15(3-1)19-17(20-16)11-18-8-12-5-13(9-18)7-14(6-12)10-18/h12-14H,1-11H2,(H,19,20). The maximum Gasteiger partial charge on any atom is 0.107 e. The average Bonchev–Trinajstić information content (AvgIpc) is 2.77. The lowest BCUT2D eigenvalue weighted by Gasteiger charge is -2.56. The van der Waals surface area contributed by atoms with Gasteiger partial charge in [0.1, 0.15) is 5.82 Å². The van der Waals surface area contributed by atoms with E-state index in [1.165, 1.54) is 68.6 Å². The van der Waals surface area contributed by atoms with Crippen LogP contribution in [0.4, 0.5) is 0 Å². The first-order valence-electron chi connectivity index (χ1n) is 8.85. The Balaban J connectivity index is 1.42. The van der Waals surface area contributed by atoms with E-state index in [0.29, 0.717) is 5.41 Å². The van der Waals surface area contributed by atoms with Crippen LogP contribution >= 0.6 is 0 Å². The quantitative estimate of drug-likeness (QED) is 0.863. The van der Waals surface area contributed by atoms with Crippen LogP contribution in [0, 0.1) is 23.2 Å². The molecule has 4 bridgehead atoms. The van der Waals surface area contributed by atoms with Crippen molar-refractivity contribution in [3.63, 3.8) is 0 Å². The highest BCUT2D eigenvalue weighted by molar-refractivity contribution is 5.19. The first-order chi connectivity index (χ1) is 9.78. The zero-order valence-corrected chi connectivity index (χ0v) is 12.5. The molecule has 5 aliphatic rings. The van der Waals surface area contributed by atoms with Gasteiger partial charge in [0.15, 0.2) is 0 Å². The van der Waals surface area contributed by atoms with Crippen molar-refractivity contribution in [1.82, 2.24) is 9.97 Å². The summed E-state index contributed by atoms with van der Waals surface area (Å²) in [5, 5.41) is 0. The van der Waals surface area contributed by atoms with Gasteiger partial charge in [-0.1, -0.05) is 0 Å². The zero-order valence-electron chi connectivity index (χ0n) is 12.5. The first-order valence-corrected chi connectivity index (χ1v) is 8.85. The summed E-state index contributed by atoms with van der Waals surface area (Å²) in [5.74, 6) is 4.52. The van der Waals surface area contributed by atoms with Gasteiger partial charge in [-0.2, -0.15) is 0 Å². The third-order valence-electron chi connectivity index (χ3n) is 6.71. The Kier molecular flexibility index (Phi) is 2.43. The molecule has 0 amide bonds. The van der Waals surface area contributed by atoms with Crippen molar-refractivity contribution in [1.29, 1.82) is 0 Å². The molecule has 1 aromatic heterocycles. The number of fused-ring (bicyclic) bond motifs is 1. The molecule has 1 heterocycles. The fourth-order valence-electron chi connectivity index (χ4n) is 6.46. The van der Waals surface area contributed by atoms with Crippen LogP contribution in [0.1, 0.15) is 68.6 Å². The fraction of sp³-hybridized carbons (Fsp3) is 0.833. The lowest BCUT2D eigenvalue weighted by atomic mass is 9.49. The fourth-order valence-corrected chi connectivity index (χ4v) is 6.46. The molecule has 1 N–H and O–H groups in total. The molecule has 1 aromatic rings. The van der Waals surface area contributed by atoms with Crippen molar-refractivity contribution in [2.75, 3.05) is 0 Å². The Morgan fingerprint density at radius 2 is 1.60 bits per heavy atom. The molecule has 20 heavy (non-hydrogen) atoms. The highest BCUT2D eigenvalue weighted by Crippen LogP contribution is 2.60. The van der Waals surface area contributed by atoms with Crippen molar-refractivity contribution in [3.8, 4) is 0 Å². The molecule has 0 atom stereocenters. The van der Waals surface area contributed by atoms with Gasteiger partial charge in [0, 0.05) is 12.1 Å². The number of imidazole rings is 1. The zero-order chi connectivity index (χ0) is 13.2. The van der Waals surface area contributed by atoms with Gasteiger partial charge in [0.05, 0.1) is 5.69 Å². The molecule has 0 radical (unpaired) electrons. The number of H-pyrrole nitrogens is 1. The SMILES string of the molecule is C1CCc2[nH]c(CC34CC5CC(CC(C5)C3)C4)nc2C1. The lowest BCUT2D eigenvalue weighted by Crippen LogP contribution is -2.47. The number of aromatic amines is 1. The van der Waals surface area contributed by atoms with Crippen LogP contribution in [-0.4, -0.2) is 9.97 Å². The van der Waals surface area contributed by atoms with Crippen molar-refractivity contribution in [2.45, 2.75) is 70.6 Å². The molecule has 0 spiro atoms. The minimum atomic E-state index is 0.634. The summed E-state index contributed by atoms with van der Waals surface area (Å²) in [5.41, 5.74) is 3.50. The Bertz CT molecular complexity index is 469. The predicted molar refractivity (Wildman–Crippen MR) is 79.5 cm³/mol. The number of nitrogens with zero attached hydrogens (tertiary/aromatic N) is 1. The smallest absolute Gasteiger partial charge is 0.107 e. The second kappa shape index (κ2) is 4.11. The Morgan fingerprint density at radius 3 is 2.25 bits per heavy atom. The van der Waals surface area contributed by atoms with Gasteiger partial charge >= 0.3 is 0 Å². The molecule has 0 aromatic carbocycles. The number of hydrogen-bond donors (Lipinski definition) is 1. The van der Waals surface area contributed by atoms with E-state index >= 15 is 0 Å². The Morgan fingerprint density at radius 1 is 0.950 bits per heavy atom. The first kappa shape index (κ1) is 11.8. The molecule has 2 heteroatoms. The molecule has 0 unspecified atom stereocenters. The summed E-state index contributed by atoms with van der Waals surface area (Å²) in [6.07, 6.45) is 15.6. The van der Waals surface area contributed by atoms with E-state index in [-0.39, 0.29) is 0 Å². The number of aromatic nitrogens is 2. The van der Waals surface area contributed by atoms with Crippen LogP contribution in [0.5, 0.6) is 0 Å². The van der Waals surface area contributed by atoms with Crippen molar-refractivity contribution >= 4 is 0 Å². The summed E-state index contributed by atoms with van der Waals surface area (Å²) >= 11 is 0. The number of hydrogen-bond acceptors (Lipinski definition) is 1. The predicted octanol–water partition coefficient (Wildman–Crippen LogP) is 4.05. The van der Waals surface area contributed by atoms with E-state index < -0.39 is 0 Å². The number of rotatable bonds is 2.